The van der Waals surface area contributed by atoms with Crippen molar-refractivity contribution in [3.8, 4) is 0 Å². The van der Waals surface area contributed by atoms with Gasteiger partial charge in [0.15, 0.2) is 0 Å². The molecule has 3 aliphatic rings. The molecule has 3 rings (SSSR count). The van der Waals surface area contributed by atoms with E-state index in [0.29, 0.717) is 5.92 Å². The van der Waals surface area contributed by atoms with Gasteiger partial charge in [0.1, 0.15) is 6.04 Å². The van der Waals surface area contributed by atoms with Crippen LogP contribution in [0.25, 0.3) is 0 Å². The molecule has 0 aromatic heterocycles. The fourth-order valence-corrected chi connectivity index (χ4v) is 4.29. The van der Waals surface area contributed by atoms with Crippen LogP contribution in [-0.4, -0.2) is 63.3 Å². The van der Waals surface area contributed by atoms with Gasteiger partial charge in [0.05, 0.1) is 6.10 Å². The Kier molecular flexibility index (Phi) is 4.06. The van der Waals surface area contributed by atoms with Crippen molar-refractivity contribution in [1.29, 1.82) is 0 Å². The number of amides is 2. The number of carbonyl (C=O) groups is 2. The lowest BCUT2D eigenvalue weighted by atomic mass is 9.78. The minimum absolute atomic E-state index is 0.142. The number of hydrogen-bond acceptors (Lipinski definition) is 3. The molecule has 0 spiro atoms. The van der Waals surface area contributed by atoms with Gasteiger partial charge in [-0.25, -0.2) is 9.59 Å². The first kappa shape index (κ1) is 14.6. The second-order valence-electron chi connectivity index (χ2n) is 6.63. The summed E-state index contributed by atoms with van der Waals surface area (Å²) in [5.74, 6) is -0.440. The standard InChI is InChI=1S/C15H24N2O4/c18-11-8-13(14(19)20)17(9-11)15(21)16-7-3-5-10-4-1-2-6-12(10)16/h10-13,18H,1-9H2,(H,19,20)/t10?,11-,12?,13-/m1/s1. The molecule has 2 amide bonds. The Morgan fingerprint density at radius 2 is 1.71 bits per heavy atom. The van der Waals surface area contributed by atoms with Crippen molar-refractivity contribution in [2.24, 2.45) is 5.92 Å². The minimum atomic E-state index is -1.02. The monoisotopic (exact) mass is 296 g/mol. The summed E-state index contributed by atoms with van der Waals surface area (Å²) in [6, 6.07) is -0.792. The molecule has 3 fully saturated rings. The second kappa shape index (κ2) is 5.83. The molecule has 1 saturated carbocycles. The molecule has 6 nitrogen and oxygen atoms in total. The number of aliphatic hydroxyl groups excluding tert-OH is 1. The summed E-state index contributed by atoms with van der Waals surface area (Å²) in [5, 5.41) is 19.0. The maximum atomic E-state index is 12.8. The normalized spacial score (nSPS) is 36.4. The largest absolute Gasteiger partial charge is 0.480 e. The van der Waals surface area contributed by atoms with E-state index in [2.05, 4.69) is 0 Å². The fraction of sp³-hybridized carbons (Fsp3) is 0.867. The lowest BCUT2D eigenvalue weighted by Gasteiger charge is -2.45. The summed E-state index contributed by atoms with van der Waals surface area (Å²) in [6.45, 7) is 0.864. The van der Waals surface area contributed by atoms with Gasteiger partial charge in [0.2, 0.25) is 0 Å². The summed E-state index contributed by atoms with van der Waals surface area (Å²) in [6.07, 6.45) is 6.20. The van der Waals surface area contributed by atoms with Crippen molar-refractivity contribution in [3.63, 3.8) is 0 Å². The summed E-state index contributed by atoms with van der Waals surface area (Å²) in [5.41, 5.74) is 0. The highest BCUT2D eigenvalue weighted by molar-refractivity contribution is 5.83. The molecule has 4 atom stereocenters. The number of β-amino-alcohol motifs (C(OH)–C–C–N with tert-alkyl or cyclic N) is 1. The Morgan fingerprint density at radius 3 is 2.48 bits per heavy atom. The van der Waals surface area contributed by atoms with E-state index in [1.807, 2.05) is 4.90 Å². The third kappa shape index (κ3) is 2.73. The summed E-state index contributed by atoms with van der Waals surface area (Å²) < 4.78 is 0. The van der Waals surface area contributed by atoms with Crippen LogP contribution in [0.1, 0.15) is 44.9 Å². The van der Waals surface area contributed by atoms with Crippen molar-refractivity contribution in [2.45, 2.75) is 63.1 Å². The zero-order valence-electron chi connectivity index (χ0n) is 12.3. The van der Waals surface area contributed by atoms with Crippen LogP contribution in [-0.2, 0) is 4.79 Å². The third-order valence-electron chi connectivity index (χ3n) is 5.30. The quantitative estimate of drug-likeness (QED) is 0.764. The van der Waals surface area contributed by atoms with Crippen LogP contribution in [0.4, 0.5) is 4.79 Å². The molecule has 0 radical (unpaired) electrons. The van der Waals surface area contributed by atoms with Gasteiger partial charge in [-0.05, 0) is 31.6 Å². The summed E-state index contributed by atoms with van der Waals surface area (Å²) >= 11 is 0. The number of urea groups is 1. The molecule has 2 heterocycles. The van der Waals surface area contributed by atoms with Crippen LogP contribution in [0.3, 0.4) is 0 Å². The number of carboxylic acids is 1. The second-order valence-corrected chi connectivity index (χ2v) is 6.63. The number of likely N-dealkylation sites (tertiary alicyclic amines) is 2. The molecule has 0 bridgehead atoms. The predicted octanol–water partition coefficient (Wildman–Crippen LogP) is 1.28. The number of rotatable bonds is 1. The van der Waals surface area contributed by atoms with Gasteiger partial charge in [0.25, 0.3) is 0 Å². The number of hydrogen-bond donors (Lipinski definition) is 2. The predicted molar refractivity (Wildman–Crippen MR) is 75.8 cm³/mol. The maximum Gasteiger partial charge on any atom is 0.326 e. The molecule has 0 aromatic rings. The van der Waals surface area contributed by atoms with Gasteiger partial charge in [-0.1, -0.05) is 12.8 Å². The highest BCUT2D eigenvalue weighted by Gasteiger charge is 2.44. The topological polar surface area (TPSA) is 81.1 Å². The van der Waals surface area contributed by atoms with E-state index < -0.39 is 18.1 Å². The number of piperidine rings is 1. The van der Waals surface area contributed by atoms with Gasteiger partial charge in [-0.15, -0.1) is 0 Å². The van der Waals surface area contributed by atoms with Crippen LogP contribution in [0, 0.1) is 5.92 Å². The highest BCUT2D eigenvalue weighted by atomic mass is 16.4. The smallest absolute Gasteiger partial charge is 0.326 e. The molecule has 0 aromatic carbocycles. The van der Waals surface area contributed by atoms with Gasteiger partial charge < -0.3 is 20.0 Å². The molecule has 21 heavy (non-hydrogen) atoms. The van der Waals surface area contributed by atoms with E-state index in [9.17, 15) is 19.8 Å². The third-order valence-corrected chi connectivity index (χ3v) is 5.30. The van der Waals surface area contributed by atoms with E-state index in [1.165, 1.54) is 24.2 Å². The average Bonchev–Trinajstić information content (AvgIpc) is 2.88. The van der Waals surface area contributed by atoms with Gasteiger partial charge in [-0.3, -0.25) is 0 Å². The maximum absolute atomic E-state index is 12.8. The summed E-state index contributed by atoms with van der Waals surface area (Å²) in [4.78, 5) is 27.4. The summed E-state index contributed by atoms with van der Waals surface area (Å²) in [7, 11) is 0. The average molecular weight is 296 g/mol. The number of nitrogens with zero attached hydrogens (tertiary/aromatic N) is 2. The lowest BCUT2D eigenvalue weighted by Crippen LogP contribution is -2.56. The Hall–Kier alpha value is -1.30. The zero-order valence-corrected chi connectivity index (χ0v) is 12.3. The van der Waals surface area contributed by atoms with Gasteiger partial charge >= 0.3 is 12.0 Å². The number of fused-ring (bicyclic) bond motifs is 1. The molecule has 2 N–H and O–H groups in total. The van der Waals surface area contributed by atoms with E-state index in [1.54, 1.807) is 0 Å². The molecule has 1 aliphatic carbocycles. The van der Waals surface area contributed by atoms with Crippen LogP contribution >= 0.6 is 0 Å². The SMILES string of the molecule is O=C(O)[C@H]1C[C@@H](O)CN1C(=O)N1CCCC2CCCCC21. The number of aliphatic carboxylic acids is 1. The Bertz CT molecular complexity index is 426. The van der Waals surface area contributed by atoms with Gasteiger partial charge in [0, 0.05) is 25.6 Å². The minimum Gasteiger partial charge on any atom is -0.480 e. The molecule has 2 saturated heterocycles. The number of carboxylic acid groups (broad SMARTS) is 1. The van der Waals surface area contributed by atoms with E-state index in [0.717, 1.165) is 25.8 Å². The molecule has 2 unspecified atom stereocenters. The van der Waals surface area contributed by atoms with Gasteiger partial charge in [-0.2, -0.15) is 0 Å². The highest BCUT2D eigenvalue weighted by Crippen LogP contribution is 2.36. The Balaban J connectivity index is 1.75. The Morgan fingerprint density at radius 1 is 1.00 bits per heavy atom. The van der Waals surface area contributed by atoms with Crippen molar-refractivity contribution in [1.82, 2.24) is 9.80 Å². The van der Waals surface area contributed by atoms with Crippen molar-refractivity contribution in [3.05, 3.63) is 0 Å². The lowest BCUT2D eigenvalue weighted by molar-refractivity contribution is -0.141. The van der Waals surface area contributed by atoms with E-state index >= 15 is 0 Å². The molecular formula is C15H24N2O4. The Labute approximate surface area is 124 Å². The first-order chi connectivity index (χ1) is 10.1. The van der Waals surface area contributed by atoms with Crippen LogP contribution < -0.4 is 0 Å². The van der Waals surface area contributed by atoms with Crippen molar-refractivity contribution in [2.75, 3.05) is 13.1 Å². The number of carbonyl (C=O) groups excluding carboxylic acids is 1. The fourth-order valence-electron chi connectivity index (χ4n) is 4.29. The molecule has 6 heteroatoms. The first-order valence-electron chi connectivity index (χ1n) is 8.06. The van der Waals surface area contributed by atoms with E-state index in [4.69, 9.17) is 0 Å². The number of aliphatic hydroxyl groups is 1. The van der Waals surface area contributed by atoms with E-state index in [-0.39, 0.29) is 25.0 Å². The molecule has 118 valence electrons. The van der Waals surface area contributed by atoms with Crippen LogP contribution in [0.5, 0.6) is 0 Å². The first-order valence-corrected chi connectivity index (χ1v) is 8.06. The molecular weight excluding hydrogens is 272 g/mol. The molecule has 2 aliphatic heterocycles. The zero-order chi connectivity index (χ0) is 15.0. The van der Waals surface area contributed by atoms with Crippen LogP contribution in [0.2, 0.25) is 0 Å². The van der Waals surface area contributed by atoms with Crippen molar-refractivity contribution >= 4 is 12.0 Å². The van der Waals surface area contributed by atoms with Crippen LogP contribution in [0.15, 0.2) is 0 Å². The van der Waals surface area contributed by atoms with Crippen molar-refractivity contribution < 1.29 is 19.8 Å².